The average molecular weight is 334 g/mol. The van der Waals surface area contributed by atoms with E-state index in [1.165, 1.54) is 5.56 Å². The van der Waals surface area contributed by atoms with Crippen molar-refractivity contribution >= 4 is 15.9 Å². The number of fused-ring (bicyclic) bond motifs is 1. The second-order valence-electron chi connectivity index (χ2n) is 4.81. The number of rotatable bonds is 3. The first kappa shape index (κ1) is 13.5. The highest BCUT2D eigenvalue weighted by Crippen LogP contribution is 2.33. The zero-order valence-corrected chi connectivity index (χ0v) is 12.6. The molecule has 0 fully saturated rings. The van der Waals surface area contributed by atoms with Crippen molar-refractivity contribution < 1.29 is 4.74 Å². The fraction of sp³-hybridized carbons (Fsp3) is 0.333. The summed E-state index contributed by atoms with van der Waals surface area (Å²) in [6, 6.07) is 8.47. The van der Waals surface area contributed by atoms with E-state index in [4.69, 9.17) is 4.74 Å². The molecule has 104 valence electrons. The summed E-state index contributed by atoms with van der Waals surface area (Å²) in [4.78, 5) is 8.18. The van der Waals surface area contributed by atoms with Gasteiger partial charge in [-0.05, 0) is 31.0 Å². The number of ether oxygens (including phenoxy) is 1. The first-order chi connectivity index (χ1) is 9.83. The van der Waals surface area contributed by atoms with E-state index in [0.717, 1.165) is 41.9 Å². The van der Waals surface area contributed by atoms with Gasteiger partial charge in [0.25, 0.3) is 0 Å². The number of halogens is 1. The van der Waals surface area contributed by atoms with E-state index >= 15 is 0 Å². The molecule has 2 aromatic rings. The van der Waals surface area contributed by atoms with Gasteiger partial charge >= 0.3 is 0 Å². The Morgan fingerprint density at radius 1 is 1.35 bits per heavy atom. The third kappa shape index (κ3) is 3.16. The van der Waals surface area contributed by atoms with Crippen LogP contribution < -0.4 is 10.1 Å². The van der Waals surface area contributed by atoms with E-state index in [2.05, 4.69) is 43.3 Å². The van der Waals surface area contributed by atoms with Crippen LogP contribution in [-0.2, 0) is 6.54 Å². The Balaban J connectivity index is 1.76. The zero-order valence-electron chi connectivity index (χ0n) is 11.1. The minimum Gasteiger partial charge on any atom is -0.493 e. The summed E-state index contributed by atoms with van der Waals surface area (Å²) < 4.78 is 6.86. The van der Waals surface area contributed by atoms with Crippen LogP contribution in [0.4, 0.5) is 0 Å². The molecule has 1 aromatic carbocycles. The van der Waals surface area contributed by atoms with Gasteiger partial charge in [0.1, 0.15) is 12.1 Å². The average Bonchev–Trinajstić information content (AvgIpc) is 2.68. The van der Waals surface area contributed by atoms with Gasteiger partial charge in [0.05, 0.1) is 12.3 Å². The predicted octanol–water partition coefficient (Wildman–Crippen LogP) is 3.24. The topological polar surface area (TPSA) is 47.0 Å². The van der Waals surface area contributed by atoms with Crippen LogP contribution >= 0.6 is 15.9 Å². The molecule has 0 spiro atoms. The Labute approximate surface area is 126 Å². The van der Waals surface area contributed by atoms with Crippen LogP contribution in [-0.4, -0.2) is 16.6 Å². The Morgan fingerprint density at radius 3 is 3.15 bits per heavy atom. The van der Waals surface area contributed by atoms with Crippen molar-refractivity contribution in [2.75, 3.05) is 6.61 Å². The van der Waals surface area contributed by atoms with E-state index in [0.29, 0.717) is 6.04 Å². The van der Waals surface area contributed by atoms with E-state index in [1.54, 1.807) is 12.5 Å². The van der Waals surface area contributed by atoms with Crippen molar-refractivity contribution in [3.05, 3.63) is 52.5 Å². The Kier molecular flexibility index (Phi) is 4.28. The number of aromatic nitrogens is 2. The highest BCUT2D eigenvalue weighted by Gasteiger charge is 2.19. The summed E-state index contributed by atoms with van der Waals surface area (Å²) in [7, 11) is 0. The fourth-order valence-corrected chi connectivity index (χ4v) is 2.75. The molecule has 5 heteroatoms. The number of benzene rings is 1. The number of hydrogen-bond acceptors (Lipinski definition) is 4. The quantitative estimate of drug-likeness (QED) is 0.936. The predicted molar refractivity (Wildman–Crippen MR) is 80.5 cm³/mol. The lowest BCUT2D eigenvalue weighted by molar-refractivity contribution is 0.315. The van der Waals surface area contributed by atoms with E-state index in [-0.39, 0.29) is 0 Å². The van der Waals surface area contributed by atoms with Crippen molar-refractivity contribution in [3.63, 3.8) is 0 Å². The van der Waals surface area contributed by atoms with Gasteiger partial charge in [0, 0.05) is 28.8 Å². The van der Waals surface area contributed by atoms with E-state index in [1.807, 2.05) is 12.1 Å². The Bertz CT molecular complexity index is 577. The highest BCUT2D eigenvalue weighted by molar-refractivity contribution is 9.10. The first-order valence-electron chi connectivity index (χ1n) is 6.73. The maximum Gasteiger partial charge on any atom is 0.125 e. The monoisotopic (exact) mass is 333 g/mol. The second-order valence-corrected chi connectivity index (χ2v) is 5.72. The van der Waals surface area contributed by atoms with Crippen LogP contribution in [0.5, 0.6) is 5.75 Å². The minimum atomic E-state index is 0.301. The van der Waals surface area contributed by atoms with Crippen LogP contribution in [0, 0.1) is 0 Å². The molecule has 0 aliphatic carbocycles. The fourth-order valence-electron chi connectivity index (χ4n) is 2.41. The van der Waals surface area contributed by atoms with Gasteiger partial charge in [-0.1, -0.05) is 22.0 Å². The molecule has 1 aromatic heterocycles. The SMILES string of the molecule is Brc1ccc2c(c1)OCCCC2NCc1ccncn1. The summed E-state index contributed by atoms with van der Waals surface area (Å²) >= 11 is 3.49. The lowest BCUT2D eigenvalue weighted by Crippen LogP contribution is -2.21. The van der Waals surface area contributed by atoms with Crippen LogP contribution in [0.25, 0.3) is 0 Å². The number of nitrogens with one attached hydrogen (secondary N) is 1. The number of nitrogens with zero attached hydrogens (tertiary/aromatic N) is 2. The van der Waals surface area contributed by atoms with Crippen LogP contribution in [0.2, 0.25) is 0 Å². The van der Waals surface area contributed by atoms with Crippen molar-refractivity contribution in [1.82, 2.24) is 15.3 Å². The van der Waals surface area contributed by atoms with Gasteiger partial charge in [-0.2, -0.15) is 0 Å². The molecular formula is C15H16BrN3O. The second kappa shape index (κ2) is 6.33. The minimum absolute atomic E-state index is 0.301. The normalized spacial score (nSPS) is 17.9. The third-order valence-corrected chi connectivity index (χ3v) is 3.91. The molecule has 1 aliphatic heterocycles. The van der Waals surface area contributed by atoms with Crippen LogP contribution in [0.3, 0.4) is 0 Å². The molecule has 0 saturated heterocycles. The van der Waals surface area contributed by atoms with Gasteiger partial charge in [-0.25, -0.2) is 9.97 Å². The summed E-state index contributed by atoms with van der Waals surface area (Å²) in [6.07, 6.45) is 5.47. The first-order valence-corrected chi connectivity index (χ1v) is 7.53. The molecule has 0 saturated carbocycles. The van der Waals surface area contributed by atoms with Gasteiger partial charge < -0.3 is 10.1 Å². The molecule has 20 heavy (non-hydrogen) atoms. The molecule has 1 N–H and O–H groups in total. The number of hydrogen-bond donors (Lipinski definition) is 1. The van der Waals surface area contributed by atoms with Gasteiger partial charge in [0.2, 0.25) is 0 Å². The standard InChI is InChI=1S/C15H16BrN3O/c16-11-3-4-13-14(2-1-7-20-15(13)8-11)18-9-12-5-6-17-10-19-12/h3-6,8,10,14,18H,1-2,7,9H2. The molecule has 3 rings (SSSR count). The summed E-state index contributed by atoms with van der Waals surface area (Å²) in [5.74, 6) is 0.970. The molecule has 1 atom stereocenters. The highest BCUT2D eigenvalue weighted by atomic mass is 79.9. The molecule has 0 bridgehead atoms. The molecule has 1 aliphatic rings. The van der Waals surface area contributed by atoms with Crippen LogP contribution in [0.15, 0.2) is 41.3 Å². The van der Waals surface area contributed by atoms with Gasteiger partial charge in [0.15, 0.2) is 0 Å². The van der Waals surface area contributed by atoms with Crippen molar-refractivity contribution in [2.45, 2.75) is 25.4 Å². The van der Waals surface area contributed by atoms with Crippen molar-refractivity contribution in [2.24, 2.45) is 0 Å². The molecule has 4 nitrogen and oxygen atoms in total. The lowest BCUT2D eigenvalue weighted by atomic mass is 10.0. The van der Waals surface area contributed by atoms with Crippen molar-refractivity contribution in [3.8, 4) is 5.75 Å². The molecular weight excluding hydrogens is 318 g/mol. The maximum absolute atomic E-state index is 5.82. The Hall–Kier alpha value is -1.46. The molecule has 0 radical (unpaired) electrons. The smallest absolute Gasteiger partial charge is 0.125 e. The zero-order chi connectivity index (χ0) is 13.8. The molecule has 2 heterocycles. The van der Waals surface area contributed by atoms with E-state index in [9.17, 15) is 0 Å². The largest absolute Gasteiger partial charge is 0.493 e. The Morgan fingerprint density at radius 2 is 2.30 bits per heavy atom. The maximum atomic E-state index is 5.82. The van der Waals surface area contributed by atoms with Gasteiger partial charge in [-0.15, -0.1) is 0 Å². The summed E-state index contributed by atoms with van der Waals surface area (Å²) in [5.41, 5.74) is 2.23. The van der Waals surface area contributed by atoms with Crippen LogP contribution in [0.1, 0.15) is 30.1 Å². The summed E-state index contributed by atoms with van der Waals surface area (Å²) in [6.45, 7) is 1.51. The molecule has 1 unspecified atom stereocenters. The van der Waals surface area contributed by atoms with Gasteiger partial charge in [-0.3, -0.25) is 0 Å². The lowest BCUT2D eigenvalue weighted by Gasteiger charge is -2.18. The van der Waals surface area contributed by atoms with E-state index < -0.39 is 0 Å². The molecule has 0 amide bonds. The summed E-state index contributed by atoms with van der Waals surface area (Å²) in [5, 5.41) is 3.57. The van der Waals surface area contributed by atoms with Crippen molar-refractivity contribution in [1.29, 1.82) is 0 Å². The third-order valence-electron chi connectivity index (χ3n) is 3.42.